The lowest BCUT2D eigenvalue weighted by molar-refractivity contribution is 0.0978. The standard InChI is InChI=1S/C10H13IN2O/c1-3-5-6-8(14)9-10(11)13(4-2)7-12-9/h3,7H,1,4-6H2,2H3. The van der Waals surface area contributed by atoms with Crippen molar-refractivity contribution in [1.29, 1.82) is 0 Å². The molecule has 1 aromatic rings. The lowest BCUT2D eigenvalue weighted by Crippen LogP contribution is -2.03. The zero-order valence-electron chi connectivity index (χ0n) is 8.16. The number of allylic oxidation sites excluding steroid dienone is 1. The largest absolute Gasteiger partial charge is 0.326 e. The van der Waals surface area contributed by atoms with Gasteiger partial charge in [0.25, 0.3) is 0 Å². The lowest BCUT2D eigenvalue weighted by Gasteiger charge is -1.99. The van der Waals surface area contributed by atoms with E-state index in [9.17, 15) is 4.79 Å². The van der Waals surface area contributed by atoms with Crippen molar-refractivity contribution in [2.24, 2.45) is 0 Å². The molecule has 0 N–H and O–H groups in total. The maximum Gasteiger partial charge on any atom is 0.184 e. The third kappa shape index (κ3) is 2.43. The number of nitrogens with zero attached hydrogens (tertiary/aromatic N) is 2. The van der Waals surface area contributed by atoms with E-state index in [1.54, 1.807) is 12.4 Å². The van der Waals surface area contributed by atoms with Crippen LogP contribution in [-0.4, -0.2) is 15.3 Å². The van der Waals surface area contributed by atoms with Crippen molar-refractivity contribution in [2.75, 3.05) is 0 Å². The van der Waals surface area contributed by atoms with E-state index in [0.29, 0.717) is 18.5 Å². The summed E-state index contributed by atoms with van der Waals surface area (Å²) >= 11 is 2.16. The molecular weight excluding hydrogens is 291 g/mol. The Kier molecular flexibility index (Phi) is 4.31. The maximum atomic E-state index is 11.6. The Morgan fingerprint density at radius 2 is 2.50 bits per heavy atom. The fourth-order valence-electron chi connectivity index (χ4n) is 1.13. The van der Waals surface area contributed by atoms with Gasteiger partial charge in [-0.15, -0.1) is 6.58 Å². The topological polar surface area (TPSA) is 34.9 Å². The Morgan fingerprint density at radius 3 is 3.00 bits per heavy atom. The summed E-state index contributed by atoms with van der Waals surface area (Å²) in [4.78, 5) is 15.7. The van der Waals surface area contributed by atoms with Crippen LogP contribution >= 0.6 is 22.6 Å². The summed E-state index contributed by atoms with van der Waals surface area (Å²) in [6, 6.07) is 0. The summed E-state index contributed by atoms with van der Waals surface area (Å²) in [6.45, 7) is 6.47. The Morgan fingerprint density at radius 1 is 1.79 bits per heavy atom. The van der Waals surface area contributed by atoms with Crippen LogP contribution in [0.25, 0.3) is 0 Å². The van der Waals surface area contributed by atoms with E-state index >= 15 is 0 Å². The number of aromatic nitrogens is 2. The number of imidazole rings is 1. The first-order valence-electron chi connectivity index (χ1n) is 4.55. The fraction of sp³-hybridized carbons (Fsp3) is 0.400. The van der Waals surface area contributed by atoms with Gasteiger partial charge in [0, 0.05) is 13.0 Å². The van der Waals surface area contributed by atoms with Gasteiger partial charge in [-0.05, 0) is 35.9 Å². The average molecular weight is 304 g/mol. The number of aryl methyl sites for hydroxylation is 1. The van der Waals surface area contributed by atoms with Crippen molar-refractivity contribution in [3.63, 3.8) is 0 Å². The summed E-state index contributed by atoms with van der Waals surface area (Å²) in [6.07, 6.45) is 4.68. The molecule has 14 heavy (non-hydrogen) atoms. The predicted molar refractivity (Wildman–Crippen MR) is 64.4 cm³/mol. The molecule has 0 spiro atoms. The first-order valence-corrected chi connectivity index (χ1v) is 5.63. The number of carbonyl (C=O) groups is 1. The highest BCUT2D eigenvalue weighted by Crippen LogP contribution is 2.13. The molecule has 0 aromatic carbocycles. The van der Waals surface area contributed by atoms with Crippen LogP contribution in [0.15, 0.2) is 19.0 Å². The van der Waals surface area contributed by atoms with Crippen LogP contribution in [-0.2, 0) is 6.54 Å². The molecule has 0 saturated heterocycles. The molecule has 1 heterocycles. The summed E-state index contributed by atoms with van der Waals surface area (Å²) < 4.78 is 2.89. The second-order valence-electron chi connectivity index (χ2n) is 2.92. The molecule has 0 atom stereocenters. The van der Waals surface area contributed by atoms with Crippen LogP contribution in [0.2, 0.25) is 0 Å². The number of ketones is 1. The normalized spacial score (nSPS) is 10.1. The Bertz CT molecular complexity index is 344. The molecule has 0 aliphatic carbocycles. The molecule has 0 amide bonds. The Labute approximate surface area is 97.4 Å². The van der Waals surface area contributed by atoms with Crippen LogP contribution in [0.5, 0.6) is 0 Å². The lowest BCUT2D eigenvalue weighted by atomic mass is 10.2. The molecule has 0 radical (unpaired) electrons. The highest BCUT2D eigenvalue weighted by molar-refractivity contribution is 14.1. The van der Waals surface area contributed by atoms with Gasteiger partial charge in [-0.2, -0.15) is 0 Å². The molecule has 0 aliphatic rings. The third-order valence-corrected chi connectivity index (χ3v) is 3.08. The van der Waals surface area contributed by atoms with E-state index in [1.807, 2.05) is 11.5 Å². The van der Waals surface area contributed by atoms with Gasteiger partial charge in [0.05, 0.1) is 6.33 Å². The van der Waals surface area contributed by atoms with Crippen LogP contribution < -0.4 is 0 Å². The van der Waals surface area contributed by atoms with Crippen molar-refractivity contribution in [1.82, 2.24) is 9.55 Å². The Balaban J connectivity index is 2.79. The molecule has 1 aromatic heterocycles. The van der Waals surface area contributed by atoms with Crippen LogP contribution in [0.1, 0.15) is 30.3 Å². The van der Waals surface area contributed by atoms with Gasteiger partial charge in [-0.3, -0.25) is 4.79 Å². The van der Waals surface area contributed by atoms with Gasteiger partial charge in [0.1, 0.15) is 9.39 Å². The molecule has 0 unspecified atom stereocenters. The van der Waals surface area contributed by atoms with Crippen molar-refractivity contribution < 1.29 is 4.79 Å². The summed E-state index contributed by atoms with van der Waals surface area (Å²) in [5, 5.41) is 0. The number of carbonyl (C=O) groups excluding carboxylic acids is 1. The first-order chi connectivity index (χ1) is 6.70. The molecule has 3 nitrogen and oxygen atoms in total. The maximum absolute atomic E-state index is 11.6. The zero-order valence-corrected chi connectivity index (χ0v) is 10.3. The van der Waals surface area contributed by atoms with Crippen LogP contribution in [0, 0.1) is 3.70 Å². The van der Waals surface area contributed by atoms with E-state index in [1.165, 1.54) is 0 Å². The molecular formula is C10H13IN2O. The molecule has 0 bridgehead atoms. The van der Waals surface area contributed by atoms with Crippen molar-refractivity contribution in [3.8, 4) is 0 Å². The molecule has 0 aliphatic heterocycles. The van der Waals surface area contributed by atoms with Gasteiger partial charge in [0.2, 0.25) is 0 Å². The summed E-state index contributed by atoms with van der Waals surface area (Å²) in [5.41, 5.74) is 0.592. The fourth-order valence-corrected chi connectivity index (χ4v) is 2.03. The quantitative estimate of drug-likeness (QED) is 0.476. The minimum Gasteiger partial charge on any atom is -0.326 e. The van der Waals surface area contributed by atoms with E-state index < -0.39 is 0 Å². The summed E-state index contributed by atoms with van der Waals surface area (Å²) in [7, 11) is 0. The van der Waals surface area contributed by atoms with E-state index in [0.717, 1.165) is 10.2 Å². The third-order valence-electron chi connectivity index (χ3n) is 1.95. The van der Waals surface area contributed by atoms with E-state index in [-0.39, 0.29) is 5.78 Å². The van der Waals surface area contributed by atoms with Gasteiger partial charge >= 0.3 is 0 Å². The van der Waals surface area contributed by atoms with Gasteiger partial charge in [-0.1, -0.05) is 6.08 Å². The van der Waals surface area contributed by atoms with E-state index in [4.69, 9.17) is 0 Å². The monoisotopic (exact) mass is 304 g/mol. The van der Waals surface area contributed by atoms with Crippen LogP contribution in [0.3, 0.4) is 0 Å². The van der Waals surface area contributed by atoms with E-state index in [2.05, 4.69) is 34.2 Å². The number of halogens is 1. The predicted octanol–water partition coefficient (Wildman–Crippen LogP) is 2.66. The zero-order chi connectivity index (χ0) is 10.6. The second kappa shape index (κ2) is 5.29. The molecule has 0 fully saturated rings. The number of hydrogen-bond donors (Lipinski definition) is 0. The van der Waals surface area contributed by atoms with Gasteiger partial charge < -0.3 is 4.57 Å². The molecule has 4 heteroatoms. The highest BCUT2D eigenvalue weighted by atomic mass is 127. The highest BCUT2D eigenvalue weighted by Gasteiger charge is 2.14. The average Bonchev–Trinajstić information content (AvgIpc) is 2.56. The minimum absolute atomic E-state index is 0.0986. The van der Waals surface area contributed by atoms with Crippen molar-refractivity contribution in [3.05, 3.63) is 28.4 Å². The first kappa shape index (κ1) is 11.4. The number of hydrogen-bond acceptors (Lipinski definition) is 2. The van der Waals surface area contributed by atoms with Gasteiger partial charge in [0.15, 0.2) is 5.78 Å². The van der Waals surface area contributed by atoms with Gasteiger partial charge in [-0.25, -0.2) is 4.98 Å². The Hall–Kier alpha value is -0.650. The smallest absolute Gasteiger partial charge is 0.184 e. The van der Waals surface area contributed by atoms with Crippen molar-refractivity contribution >= 4 is 28.4 Å². The number of rotatable bonds is 5. The SMILES string of the molecule is C=CCCC(=O)c1ncn(CC)c1I. The molecule has 0 saturated carbocycles. The minimum atomic E-state index is 0.0986. The van der Waals surface area contributed by atoms with Crippen molar-refractivity contribution in [2.45, 2.75) is 26.3 Å². The molecule has 1 rings (SSSR count). The second-order valence-corrected chi connectivity index (χ2v) is 3.94. The molecule has 76 valence electrons. The number of Topliss-reactive ketones (excluding diaryl/α,β-unsaturated/α-hetero) is 1. The summed E-state index contributed by atoms with van der Waals surface area (Å²) in [5.74, 6) is 0.0986. The van der Waals surface area contributed by atoms with Crippen LogP contribution in [0.4, 0.5) is 0 Å².